The predicted molar refractivity (Wildman–Crippen MR) is 86.5 cm³/mol. The molecule has 104 valence electrons. The van der Waals surface area contributed by atoms with Crippen molar-refractivity contribution in [1.29, 1.82) is 0 Å². The summed E-state index contributed by atoms with van der Waals surface area (Å²) in [5.74, 6) is 0. The van der Waals surface area contributed by atoms with Crippen molar-refractivity contribution in [2.45, 2.75) is 52.4 Å². The molecule has 0 unspecified atom stereocenters. The number of aryl methyl sites for hydroxylation is 4. The van der Waals surface area contributed by atoms with E-state index in [9.17, 15) is 0 Å². The molecular formula is C20H24. The van der Waals surface area contributed by atoms with Crippen LogP contribution in [0.3, 0.4) is 0 Å². The molecule has 0 N–H and O–H groups in total. The van der Waals surface area contributed by atoms with Gasteiger partial charge in [-0.25, -0.2) is 0 Å². The average molecular weight is 264 g/mol. The molecule has 0 nitrogen and oxygen atoms in total. The Morgan fingerprint density at radius 2 is 0.900 bits per heavy atom. The van der Waals surface area contributed by atoms with Crippen LogP contribution in [-0.2, 0) is 38.5 Å². The normalized spacial score (nSPS) is 14.1. The molecule has 1 aliphatic carbocycles. The molecule has 0 fully saturated rings. The fourth-order valence-corrected chi connectivity index (χ4v) is 3.76. The van der Waals surface area contributed by atoms with Crippen molar-refractivity contribution < 1.29 is 0 Å². The van der Waals surface area contributed by atoms with Crippen LogP contribution in [0.5, 0.6) is 0 Å². The molecule has 0 saturated heterocycles. The van der Waals surface area contributed by atoms with E-state index in [1.54, 1.807) is 33.4 Å². The summed E-state index contributed by atoms with van der Waals surface area (Å²) in [6, 6.07) is 13.8. The van der Waals surface area contributed by atoms with Crippen LogP contribution in [0.4, 0.5) is 0 Å². The topological polar surface area (TPSA) is 0 Å². The van der Waals surface area contributed by atoms with Crippen LogP contribution in [-0.4, -0.2) is 0 Å². The van der Waals surface area contributed by atoms with E-state index in [4.69, 9.17) is 0 Å². The predicted octanol–water partition coefficient (Wildman–Crippen LogP) is 4.70. The highest BCUT2D eigenvalue weighted by atomic mass is 14.2. The maximum Gasteiger partial charge on any atom is -0.0235 e. The molecule has 1 aliphatic rings. The van der Waals surface area contributed by atoms with Crippen LogP contribution in [0.25, 0.3) is 0 Å². The number of fused-ring (bicyclic) bond motifs is 4. The van der Waals surface area contributed by atoms with Crippen molar-refractivity contribution in [2.24, 2.45) is 0 Å². The first kappa shape index (κ1) is 13.4. The first-order chi connectivity index (χ1) is 9.83. The van der Waals surface area contributed by atoms with Gasteiger partial charge < -0.3 is 0 Å². The molecule has 3 rings (SSSR count). The van der Waals surface area contributed by atoms with E-state index < -0.39 is 0 Å². The Hall–Kier alpha value is -1.56. The van der Waals surface area contributed by atoms with Crippen LogP contribution < -0.4 is 0 Å². The summed E-state index contributed by atoms with van der Waals surface area (Å²) >= 11 is 0. The van der Waals surface area contributed by atoms with Gasteiger partial charge in [0.2, 0.25) is 0 Å². The summed E-state index contributed by atoms with van der Waals surface area (Å²) in [5, 5.41) is 0. The molecule has 4 bridgehead atoms. The Morgan fingerprint density at radius 3 is 1.15 bits per heavy atom. The molecule has 0 amide bonds. The Balaban J connectivity index is 2.06. The zero-order chi connectivity index (χ0) is 13.9. The summed E-state index contributed by atoms with van der Waals surface area (Å²) in [7, 11) is 0. The molecule has 2 aromatic carbocycles. The Labute approximate surface area is 122 Å². The van der Waals surface area contributed by atoms with Crippen molar-refractivity contribution in [3.8, 4) is 0 Å². The first-order valence-corrected chi connectivity index (χ1v) is 8.02. The van der Waals surface area contributed by atoms with Crippen molar-refractivity contribution in [3.05, 3.63) is 69.8 Å². The molecular weight excluding hydrogens is 240 g/mol. The minimum absolute atomic E-state index is 1.17. The molecule has 0 aliphatic heterocycles. The van der Waals surface area contributed by atoms with E-state index in [1.807, 2.05) is 0 Å². The summed E-state index contributed by atoms with van der Waals surface area (Å²) < 4.78 is 0. The Bertz CT molecular complexity index is 507. The summed E-state index contributed by atoms with van der Waals surface area (Å²) in [5.41, 5.74) is 9.49. The fraction of sp³-hybridized carbons (Fsp3) is 0.400. The largest absolute Gasteiger partial charge is 0.0617 e. The molecule has 20 heavy (non-hydrogen) atoms. The maximum atomic E-state index is 2.33. The number of hydrogen-bond donors (Lipinski definition) is 0. The van der Waals surface area contributed by atoms with Crippen molar-refractivity contribution in [3.63, 3.8) is 0 Å². The fourth-order valence-electron chi connectivity index (χ4n) is 3.76. The van der Waals surface area contributed by atoms with Crippen LogP contribution >= 0.6 is 0 Å². The van der Waals surface area contributed by atoms with Gasteiger partial charge in [0.25, 0.3) is 0 Å². The lowest BCUT2D eigenvalue weighted by atomic mass is 9.86. The monoisotopic (exact) mass is 264 g/mol. The second-order valence-electron chi connectivity index (χ2n) is 5.82. The molecule has 0 spiro atoms. The SMILES string of the molecule is CCc1c2cccc1CCc1cccc(c1CC)CC2. The van der Waals surface area contributed by atoms with E-state index in [-0.39, 0.29) is 0 Å². The lowest BCUT2D eigenvalue weighted by Gasteiger charge is -2.19. The van der Waals surface area contributed by atoms with E-state index in [0.29, 0.717) is 0 Å². The number of hydrogen-bond acceptors (Lipinski definition) is 0. The van der Waals surface area contributed by atoms with E-state index in [2.05, 4.69) is 50.2 Å². The maximum absolute atomic E-state index is 2.33. The van der Waals surface area contributed by atoms with E-state index in [1.165, 1.54) is 38.5 Å². The molecule has 0 saturated carbocycles. The van der Waals surface area contributed by atoms with Gasteiger partial charge in [0, 0.05) is 0 Å². The highest BCUT2D eigenvalue weighted by Gasteiger charge is 2.13. The molecule has 0 radical (unpaired) electrons. The molecule has 0 aromatic heterocycles. The third-order valence-corrected chi connectivity index (χ3v) is 4.77. The molecule has 0 heterocycles. The standard InChI is InChI=1S/C20H24/c1-3-19-15-7-5-8-16(19)12-14-18-10-6-9-17(13-11-15)20(18)4-2/h5-10H,3-4,11-14H2,1-2H3. The van der Waals surface area contributed by atoms with Gasteiger partial charge in [0.1, 0.15) is 0 Å². The average Bonchev–Trinajstić information content (AvgIpc) is 2.49. The molecule has 2 aromatic rings. The smallest absolute Gasteiger partial charge is 0.0235 e. The van der Waals surface area contributed by atoms with Crippen LogP contribution in [0.2, 0.25) is 0 Å². The van der Waals surface area contributed by atoms with Crippen LogP contribution in [0.1, 0.15) is 47.2 Å². The highest BCUT2D eigenvalue weighted by molar-refractivity contribution is 5.41. The van der Waals surface area contributed by atoms with Gasteiger partial charge in [-0.1, -0.05) is 50.2 Å². The van der Waals surface area contributed by atoms with E-state index in [0.717, 1.165) is 0 Å². The van der Waals surface area contributed by atoms with Crippen molar-refractivity contribution in [2.75, 3.05) is 0 Å². The molecule has 0 atom stereocenters. The Morgan fingerprint density at radius 1 is 0.600 bits per heavy atom. The zero-order valence-corrected chi connectivity index (χ0v) is 12.7. The lowest BCUT2D eigenvalue weighted by Crippen LogP contribution is -2.08. The molecule has 0 heteroatoms. The Kier molecular flexibility index (Phi) is 3.91. The quantitative estimate of drug-likeness (QED) is 0.738. The van der Waals surface area contributed by atoms with Crippen molar-refractivity contribution >= 4 is 0 Å². The van der Waals surface area contributed by atoms with Gasteiger partial charge in [0.05, 0.1) is 0 Å². The highest BCUT2D eigenvalue weighted by Crippen LogP contribution is 2.25. The van der Waals surface area contributed by atoms with Gasteiger partial charge in [0.15, 0.2) is 0 Å². The van der Waals surface area contributed by atoms with Gasteiger partial charge >= 0.3 is 0 Å². The second kappa shape index (κ2) is 5.83. The van der Waals surface area contributed by atoms with Gasteiger partial charge in [-0.05, 0) is 71.9 Å². The van der Waals surface area contributed by atoms with Gasteiger partial charge in [-0.2, -0.15) is 0 Å². The zero-order valence-electron chi connectivity index (χ0n) is 12.7. The third kappa shape index (κ3) is 2.40. The number of rotatable bonds is 2. The summed E-state index contributed by atoms with van der Waals surface area (Å²) in [6.45, 7) is 4.59. The lowest BCUT2D eigenvalue weighted by molar-refractivity contribution is 0.843. The van der Waals surface area contributed by atoms with Crippen molar-refractivity contribution in [1.82, 2.24) is 0 Å². The first-order valence-electron chi connectivity index (χ1n) is 8.02. The van der Waals surface area contributed by atoms with Gasteiger partial charge in [-0.3, -0.25) is 0 Å². The number of benzene rings is 2. The van der Waals surface area contributed by atoms with Gasteiger partial charge in [-0.15, -0.1) is 0 Å². The minimum Gasteiger partial charge on any atom is -0.0617 e. The summed E-state index contributed by atoms with van der Waals surface area (Å²) in [4.78, 5) is 0. The van der Waals surface area contributed by atoms with Crippen LogP contribution in [0, 0.1) is 0 Å². The summed E-state index contributed by atoms with van der Waals surface area (Å²) in [6.07, 6.45) is 7.09. The van der Waals surface area contributed by atoms with Crippen LogP contribution in [0.15, 0.2) is 36.4 Å². The third-order valence-electron chi connectivity index (χ3n) is 4.77. The second-order valence-corrected chi connectivity index (χ2v) is 5.82. The minimum atomic E-state index is 1.17. The van der Waals surface area contributed by atoms with E-state index >= 15 is 0 Å².